The van der Waals surface area contributed by atoms with Crippen molar-refractivity contribution in [2.24, 2.45) is 0 Å². The van der Waals surface area contributed by atoms with Crippen molar-refractivity contribution in [1.29, 1.82) is 0 Å². The molecule has 0 aliphatic heterocycles. The van der Waals surface area contributed by atoms with E-state index in [2.05, 4.69) is 15.4 Å². The van der Waals surface area contributed by atoms with Gasteiger partial charge in [-0.1, -0.05) is 18.2 Å². The third-order valence-electron chi connectivity index (χ3n) is 5.08. The molecule has 4 rings (SSSR count). The highest BCUT2D eigenvalue weighted by Gasteiger charge is 2.17. The third kappa shape index (κ3) is 3.92. The summed E-state index contributed by atoms with van der Waals surface area (Å²) in [5.41, 5.74) is 4.13. The van der Waals surface area contributed by atoms with Gasteiger partial charge in [-0.25, -0.2) is 18.9 Å². The lowest BCUT2D eigenvalue weighted by Crippen LogP contribution is -2.29. The second kappa shape index (κ2) is 8.06. The number of hydrogen-bond acceptors (Lipinski definition) is 5. The van der Waals surface area contributed by atoms with Gasteiger partial charge in [-0.05, 0) is 56.2 Å². The number of ether oxygens (including phenoxy) is 1. The maximum absolute atomic E-state index is 13.1. The molecule has 0 aliphatic carbocycles. The highest BCUT2D eigenvalue weighted by molar-refractivity contribution is 5.92. The van der Waals surface area contributed by atoms with Crippen LogP contribution in [0, 0.1) is 20.8 Å². The summed E-state index contributed by atoms with van der Waals surface area (Å²) in [4.78, 5) is 30.3. The van der Waals surface area contributed by atoms with E-state index in [4.69, 9.17) is 4.74 Å². The van der Waals surface area contributed by atoms with E-state index in [1.165, 1.54) is 4.40 Å². The van der Waals surface area contributed by atoms with Gasteiger partial charge in [0.2, 0.25) is 5.91 Å². The lowest BCUT2D eigenvalue weighted by molar-refractivity contribution is -0.117. The zero-order valence-electron chi connectivity index (χ0n) is 17.8. The van der Waals surface area contributed by atoms with Crippen LogP contribution in [0.1, 0.15) is 16.8 Å². The fourth-order valence-electron chi connectivity index (χ4n) is 3.52. The molecule has 0 spiro atoms. The van der Waals surface area contributed by atoms with Crippen molar-refractivity contribution in [3.8, 4) is 17.1 Å². The van der Waals surface area contributed by atoms with Crippen molar-refractivity contribution in [2.75, 3.05) is 12.4 Å². The molecule has 31 heavy (non-hydrogen) atoms. The molecule has 0 saturated carbocycles. The number of aryl methyl sites for hydroxylation is 3. The number of para-hydroxylation sites is 1. The Kier molecular flexibility index (Phi) is 5.29. The van der Waals surface area contributed by atoms with Gasteiger partial charge in [0.05, 0.1) is 7.11 Å². The molecule has 1 amide bonds. The highest BCUT2D eigenvalue weighted by Crippen LogP contribution is 2.22. The summed E-state index contributed by atoms with van der Waals surface area (Å²) in [6.45, 7) is 5.49. The van der Waals surface area contributed by atoms with E-state index in [-0.39, 0.29) is 12.5 Å². The van der Waals surface area contributed by atoms with E-state index >= 15 is 0 Å². The Labute approximate surface area is 179 Å². The number of anilines is 1. The molecule has 2 aromatic heterocycles. The summed E-state index contributed by atoms with van der Waals surface area (Å²) in [5.74, 6) is 0.849. The smallest absolute Gasteiger partial charge is 0.352 e. The fourth-order valence-corrected chi connectivity index (χ4v) is 3.52. The summed E-state index contributed by atoms with van der Waals surface area (Å²) in [6.07, 6.45) is 0. The van der Waals surface area contributed by atoms with Crippen LogP contribution in [0.5, 0.6) is 5.75 Å². The Morgan fingerprint density at radius 1 is 1.06 bits per heavy atom. The third-order valence-corrected chi connectivity index (χ3v) is 5.08. The number of aromatic nitrogens is 4. The molecule has 0 bridgehead atoms. The zero-order chi connectivity index (χ0) is 22.1. The first-order valence-corrected chi connectivity index (χ1v) is 9.85. The fraction of sp³-hybridized carbons (Fsp3) is 0.217. The van der Waals surface area contributed by atoms with Crippen LogP contribution in [0.2, 0.25) is 0 Å². The van der Waals surface area contributed by atoms with Crippen LogP contribution in [0.25, 0.3) is 17.0 Å². The molecule has 0 radical (unpaired) electrons. The quantitative estimate of drug-likeness (QED) is 0.539. The lowest BCUT2D eigenvalue weighted by atomic mass is 10.1. The number of fused-ring (bicyclic) bond motifs is 1. The number of carbonyl (C=O) groups is 1. The molecule has 0 fully saturated rings. The van der Waals surface area contributed by atoms with Crippen molar-refractivity contribution in [3.63, 3.8) is 0 Å². The molecule has 8 heteroatoms. The lowest BCUT2D eigenvalue weighted by Gasteiger charge is -2.11. The standard InChI is InChI=1S/C23H23N5O3/c1-14-6-5-7-15(2)21(14)25-20(29)13-27-23(30)28-19(26-27)12-16(3)24-22(28)17-8-10-18(31-4)11-9-17/h5-12H,13H2,1-4H3,(H,25,29). The van der Waals surface area contributed by atoms with E-state index < -0.39 is 5.69 Å². The molecule has 2 heterocycles. The van der Waals surface area contributed by atoms with Gasteiger partial charge in [-0.2, -0.15) is 0 Å². The minimum absolute atomic E-state index is 0.199. The van der Waals surface area contributed by atoms with E-state index in [0.717, 1.165) is 32.8 Å². The number of hydrogen-bond donors (Lipinski definition) is 1. The van der Waals surface area contributed by atoms with Crippen molar-refractivity contribution in [3.05, 3.63) is 75.8 Å². The predicted octanol–water partition coefficient (Wildman–Crippen LogP) is 3.13. The van der Waals surface area contributed by atoms with Crippen LogP contribution >= 0.6 is 0 Å². The molecule has 2 aromatic carbocycles. The van der Waals surface area contributed by atoms with Gasteiger partial charge in [0, 0.05) is 23.0 Å². The van der Waals surface area contributed by atoms with E-state index in [1.54, 1.807) is 25.3 Å². The number of benzene rings is 2. The number of rotatable bonds is 5. The van der Waals surface area contributed by atoms with Crippen LogP contribution in [0.4, 0.5) is 5.69 Å². The summed E-state index contributed by atoms with van der Waals surface area (Å²) < 4.78 is 7.78. The van der Waals surface area contributed by atoms with E-state index in [1.807, 2.05) is 51.1 Å². The van der Waals surface area contributed by atoms with Crippen LogP contribution in [-0.4, -0.2) is 32.2 Å². The van der Waals surface area contributed by atoms with Crippen molar-refractivity contribution in [1.82, 2.24) is 19.2 Å². The number of amides is 1. The van der Waals surface area contributed by atoms with Gasteiger partial charge in [0.15, 0.2) is 5.65 Å². The van der Waals surface area contributed by atoms with Gasteiger partial charge in [-0.3, -0.25) is 4.79 Å². The average Bonchev–Trinajstić information content (AvgIpc) is 3.05. The Morgan fingerprint density at radius 2 is 1.74 bits per heavy atom. The van der Waals surface area contributed by atoms with Crippen molar-refractivity contribution >= 4 is 17.2 Å². The Morgan fingerprint density at radius 3 is 2.39 bits per heavy atom. The summed E-state index contributed by atoms with van der Waals surface area (Å²) in [7, 11) is 1.59. The van der Waals surface area contributed by atoms with E-state index in [0.29, 0.717) is 17.2 Å². The SMILES string of the molecule is COc1ccc(-c2nc(C)cc3nn(CC(=O)Nc4c(C)cccc4C)c(=O)n23)cc1. The molecule has 0 aliphatic rings. The molecular formula is C23H23N5O3. The van der Waals surface area contributed by atoms with Gasteiger partial charge in [0.1, 0.15) is 18.1 Å². The summed E-state index contributed by atoms with van der Waals surface area (Å²) in [5, 5.41) is 7.25. The zero-order valence-corrected chi connectivity index (χ0v) is 17.8. The Balaban J connectivity index is 1.71. The van der Waals surface area contributed by atoms with Crippen LogP contribution in [-0.2, 0) is 11.3 Å². The summed E-state index contributed by atoms with van der Waals surface area (Å²) >= 11 is 0. The number of methoxy groups -OCH3 is 1. The second-order valence-corrected chi connectivity index (χ2v) is 7.40. The Hall–Kier alpha value is -3.94. The monoisotopic (exact) mass is 417 g/mol. The van der Waals surface area contributed by atoms with Gasteiger partial charge >= 0.3 is 5.69 Å². The molecule has 0 atom stereocenters. The minimum atomic E-state index is -0.426. The maximum Gasteiger partial charge on any atom is 0.352 e. The summed E-state index contributed by atoms with van der Waals surface area (Å²) in [6, 6.07) is 14.8. The van der Waals surface area contributed by atoms with Gasteiger partial charge in [0.25, 0.3) is 0 Å². The highest BCUT2D eigenvalue weighted by atomic mass is 16.5. The molecular weight excluding hydrogens is 394 g/mol. The first-order valence-electron chi connectivity index (χ1n) is 9.85. The molecule has 4 aromatic rings. The van der Waals surface area contributed by atoms with Crippen LogP contribution in [0.3, 0.4) is 0 Å². The van der Waals surface area contributed by atoms with Gasteiger partial charge in [-0.15, -0.1) is 5.10 Å². The normalized spacial score (nSPS) is 11.0. The van der Waals surface area contributed by atoms with E-state index in [9.17, 15) is 9.59 Å². The molecule has 0 saturated heterocycles. The number of nitrogens with one attached hydrogen (secondary N) is 1. The number of nitrogens with zero attached hydrogens (tertiary/aromatic N) is 4. The topological polar surface area (TPSA) is 90.5 Å². The molecule has 1 N–H and O–H groups in total. The maximum atomic E-state index is 13.1. The first-order chi connectivity index (χ1) is 14.9. The van der Waals surface area contributed by atoms with Crippen LogP contribution < -0.4 is 15.7 Å². The van der Waals surface area contributed by atoms with Crippen molar-refractivity contribution in [2.45, 2.75) is 27.3 Å². The molecule has 8 nitrogen and oxygen atoms in total. The minimum Gasteiger partial charge on any atom is -0.497 e. The Bertz CT molecular complexity index is 1320. The largest absolute Gasteiger partial charge is 0.497 e. The van der Waals surface area contributed by atoms with Crippen molar-refractivity contribution < 1.29 is 9.53 Å². The number of carbonyl (C=O) groups excluding carboxylic acids is 1. The predicted molar refractivity (Wildman–Crippen MR) is 119 cm³/mol. The first kappa shape index (κ1) is 20.3. The van der Waals surface area contributed by atoms with Crippen LogP contribution in [0.15, 0.2) is 53.3 Å². The second-order valence-electron chi connectivity index (χ2n) is 7.40. The van der Waals surface area contributed by atoms with Gasteiger partial charge < -0.3 is 10.1 Å². The average molecular weight is 417 g/mol. The molecule has 0 unspecified atom stereocenters. The molecule has 158 valence electrons.